The van der Waals surface area contributed by atoms with E-state index >= 15 is 0 Å². The molecular weight excluding hydrogens is 439 g/mol. The Balaban J connectivity index is 1.54. The summed E-state index contributed by atoms with van der Waals surface area (Å²) < 4.78 is 18.3. The number of ether oxygens (including phenoxy) is 1. The number of fused-ring (bicyclic) bond motifs is 1. The molecule has 1 fully saturated rings. The summed E-state index contributed by atoms with van der Waals surface area (Å²) in [7, 11) is 1.39. The van der Waals surface area contributed by atoms with E-state index < -0.39 is 0 Å². The summed E-state index contributed by atoms with van der Waals surface area (Å²) >= 11 is 1.34. The third-order valence-corrected chi connectivity index (χ3v) is 7.11. The number of halogens is 1. The van der Waals surface area contributed by atoms with Crippen molar-refractivity contribution in [2.75, 3.05) is 43.1 Å². The van der Waals surface area contributed by atoms with Crippen molar-refractivity contribution in [3.63, 3.8) is 0 Å². The van der Waals surface area contributed by atoms with E-state index in [9.17, 15) is 9.18 Å². The molecule has 6 nitrogen and oxygen atoms in total. The van der Waals surface area contributed by atoms with Crippen LogP contribution < -0.4 is 9.80 Å². The Hall–Kier alpha value is -3.52. The van der Waals surface area contributed by atoms with Gasteiger partial charge in [0.05, 0.1) is 12.5 Å². The third kappa shape index (κ3) is 4.02. The SMILES string of the molecule is COC(=O)c1sc2nc(-c3ccccc3)nc(N3CCN(c4ccc(F)cc4)CC3)c2c1C. The van der Waals surface area contributed by atoms with Gasteiger partial charge in [-0.3, -0.25) is 0 Å². The number of carbonyl (C=O) groups is 1. The second kappa shape index (κ2) is 8.78. The molecule has 1 aliphatic rings. The van der Waals surface area contributed by atoms with Crippen LogP contribution in [0, 0.1) is 12.7 Å². The van der Waals surface area contributed by atoms with Gasteiger partial charge < -0.3 is 14.5 Å². The standard InChI is InChI=1S/C25H23FN4O2S/c1-16-20-23(30-14-12-29(13-15-30)19-10-8-18(26)9-11-19)27-22(17-6-4-3-5-7-17)28-24(20)33-21(16)25(31)32-2/h3-11H,12-15H2,1-2H3. The van der Waals surface area contributed by atoms with Crippen LogP contribution in [0.3, 0.4) is 0 Å². The summed E-state index contributed by atoms with van der Waals surface area (Å²) in [6.45, 7) is 4.99. The highest BCUT2D eigenvalue weighted by Gasteiger charge is 2.26. The average molecular weight is 463 g/mol. The Morgan fingerprint density at radius 1 is 0.970 bits per heavy atom. The number of rotatable bonds is 4. The molecule has 8 heteroatoms. The maximum absolute atomic E-state index is 13.3. The van der Waals surface area contributed by atoms with E-state index in [-0.39, 0.29) is 11.8 Å². The maximum Gasteiger partial charge on any atom is 0.348 e. The molecule has 0 saturated carbocycles. The molecule has 168 valence electrons. The van der Waals surface area contributed by atoms with E-state index in [0.29, 0.717) is 10.7 Å². The summed E-state index contributed by atoms with van der Waals surface area (Å²) in [4.78, 5) is 27.9. The van der Waals surface area contributed by atoms with Crippen molar-refractivity contribution < 1.29 is 13.9 Å². The average Bonchev–Trinajstić information content (AvgIpc) is 3.20. The van der Waals surface area contributed by atoms with Crippen LogP contribution >= 0.6 is 11.3 Å². The normalized spacial score (nSPS) is 14.0. The molecule has 2 aromatic carbocycles. The molecule has 0 radical (unpaired) electrons. The zero-order chi connectivity index (χ0) is 22.9. The number of aromatic nitrogens is 2. The number of anilines is 2. The van der Waals surface area contributed by atoms with Gasteiger partial charge >= 0.3 is 5.97 Å². The minimum atomic E-state index is -0.358. The van der Waals surface area contributed by atoms with E-state index in [2.05, 4.69) is 9.80 Å². The van der Waals surface area contributed by atoms with Gasteiger partial charge in [-0.05, 0) is 36.8 Å². The largest absolute Gasteiger partial charge is 0.465 e. The fourth-order valence-electron chi connectivity index (χ4n) is 4.18. The molecule has 0 unspecified atom stereocenters. The van der Waals surface area contributed by atoms with Gasteiger partial charge in [0.15, 0.2) is 5.82 Å². The molecule has 1 aliphatic heterocycles. The predicted molar refractivity (Wildman–Crippen MR) is 130 cm³/mol. The fraction of sp³-hybridized carbons (Fsp3) is 0.240. The van der Waals surface area contributed by atoms with Crippen LogP contribution in [0.1, 0.15) is 15.2 Å². The number of hydrogen-bond donors (Lipinski definition) is 0. The Bertz CT molecular complexity index is 1300. The number of piperazine rings is 1. The first-order valence-corrected chi connectivity index (χ1v) is 11.6. The van der Waals surface area contributed by atoms with Crippen LogP contribution in [0.5, 0.6) is 0 Å². The molecule has 5 rings (SSSR count). The van der Waals surface area contributed by atoms with Crippen molar-refractivity contribution in [1.82, 2.24) is 9.97 Å². The lowest BCUT2D eigenvalue weighted by Crippen LogP contribution is -2.47. The van der Waals surface area contributed by atoms with Crippen LogP contribution in [0.4, 0.5) is 15.9 Å². The number of carbonyl (C=O) groups excluding carboxylic acids is 1. The molecule has 0 spiro atoms. The number of nitrogens with zero attached hydrogens (tertiary/aromatic N) is 4. The molecule has 1 saturated heterocycles. The maximum atomic E-state index is 13.3. The molecular formula is C25H23FN4O2S. The zero-order valence-electron chi connectivity index (χ0n) is 18.4. The van der Waals surface area contributed by atoms with Gasteiger partial charge in [0, 0.05) is 37.4 Å². The molecule has 3 heterocycles. The number of methoxy groups -OCH3 is 1. The van der Waals surface area contributed by atoms with Crippen LogP contribution in [-0.2, 0) is 4.74 Å². The highest BCUT2D eigenvalue weighted by Crippen LogP contribution is 2.38. The summed E-state index contributed by atoms with van der Waals surface area (Å²) in [6, 6.07) is 16.5. The molecule has 0 atom stereocenters. The Kier molecular flexibility index (Phi) is 5.68. The number of benzene rings is 2. The first-order valence-electron chi connectivity index (χ1n) is 10.8. The number of thiophene rings is 1. The van der Waals surface area contributed by atoms with E-state index in [0.717, 1.165) is 59.0 Å². The van der Waals surface area contributed by atoms with Crippen molar-refractivity contribution >= 4 is 39.0 Å². The number of hydrogen-bond acceptors (Lipinski definition) is 7. The first kappa shape index (κ1) is 21.3. The highest BCUT2D eigenvalue weighted by atomic mass is 32.1. The molecule has 0 aliphatic carbocycles. The van der Waals surface area contributed by atoms with Gasteiger partial charge in [-0.2, -0.15) is 0 Å². The van der Waals surface area contributed by atoms with Gasteiger partial charge in [-0.1, -0.05) is 30.3 Å². The number of esters is 1. The van der Waals surface area contributed by atoms with Crippen molar-refractivity contribution in [1.29, 1.82) is 0 Å². The topological polar surface area (TPSA) is 58.6 Å². The second-order valence-electron chi connectivity index (χ2n) is 7.92. The minimum absolute atomic E-state index is 0.233. The molecule has 0 N–H and O–H groups in total. The highest BCUT2D eigenvalue weighted by molar-refractivity contribution is 7.20. The smallest absolute Gasteiger partial charge is 0.348 e. The fourth-order valence-corrected chi connectivity index (χ4v) is 5.27. The third-order valence-electron chi connectivity index (χ3n) is 5.94. The lowest BCUT2D eigenvalue weighted by Gasteiger charge is -2.37. The summed E-state index contributed by atoms with van der Waals surface area (Å²) in [5.74, 6) is 0.880. The van der Waals surface area contributed by atoms with E-state index in [1.165, 1.54) is 30.6 Å². The van der Waals surface area contributed by atoms with Gasteiger partial charge in [0.2, 0.25) is 0 Å². The van der Waals surface area contributed by atoms with Gasteiger partial charge in [-0.15, -0.1) is 11.3 Å². The predicted octanol–water partition coefficient (Wildman–Crippen LogP) is 4.92. The summed E-state index contributed by atoms with van der Waals surface area (Å²) in [5, 5.41) is 0.898. The zero-order valence-corrected chi connectivity index (χ0v) is 19.2. The summed E-state index contributed by atoms with van der Waals surface area (Å²) in [5.41, 5.74) is 2.78. The summed E-state index contributed by atoms with van der Waals surface area (Å²) in [6.07, 6.45) is 0. The Labute approximate surface area is 195 Å². The van der Waals surface area contributed by atoms with Crippen molar-refractivity contribution in [2.24, 2.45) is 0 Å². The van der Waals surface area contributed by atoms with Gasteiger partial charge in [0.1, 0.15) is 21.3 Å². The van der Waals surface area contributed by atoms with Gasteiger partial charge in [0.25, 0.3) is 0 Å². The Morgan fingerprint density at radius 2 is 1.64 bits per heavy atom. The van der Waals surface area contributed by atoms with E-state index in [1.807, 2.05) is 49.4 Å². The monoisotopic (exact) mass is 462 g/mol. The van der Waals surface area contributed by atoms with Crippen LogP contribution in [-0.4, -0.2) is 49.2 Å². The Morgan fingerprint density at radius 3 is 2.30 bits per heavy atom. The number of aryl methyl sites for hydroxylation is 1. The van der Waals surface area contributed by atoms with Gasteiger partial charge in [-0.25, -0.2) is 19.2 Å². The first-order chi connectivity index (χ1) is 16.0. The minimum Gasteiger partial charge on any atom is -0.465 e. The quantitative estimate of drug-likeness (QED) is 0.401. The van der Waals surface area contributed by atoms with Crippen molar-refractivity contribution in [3.8, 4) is 11.4 Å². The molecule has 33 heavy (non-hydrogen) atoms. The van der Waals surface area contributed by atoms with Crippen LogP contribution in [0.25, 0.3) is 21.6 Å². The van der Waals surface area contributed by atoms with Crippen LogP contribution in [0.15, 0.2) is 54.6 Å². The van der Waals surface area contributed by atoms with Crippen LogP contribution in [0.2, 0.25) is 0 Å². The van der Waals surface area contributed by atoms with E-state index in [1.54, 1.807) is 0 Å². The van der Waals surface area contributed by atoms with Crippen molar-refractivity contribution in [2.45, 2.75) is 6.92 Å². The molecule has 2 aromatic heterocycles. The second-order valence-corrected chi connectivity index (χ2v) is 8.91. The molecule has 4 aromatic rings. The van der Waals surface area contributed by atoms with Crippen molar-refractivity contribution in [3.05, 3.63) is 70.9 Å². The molecule has 0 amide bonds. The lowest BCUT2D eigenvalue weighted by molar-refractivity contribution is 0.0605. The lowest BCUT2D eigenvalue weighted by atomic mass is 10.1. The van der Waals surface area contributed by atoms with E-state index in [4.69, 9.17) is 14.7 Å². The molecule has 0 bridgehead atoms.